The van der Waals surface area contributed by atoms with E-state index in [0.29, 0.717) is 11.0 Å². The lowest BCUT2D eigenvalue weighted by Crippen LogP contribution is -2.40. The van der Waals surface area contributed by atoms with Gasteiger partial charge in [-0.05, 0) is 26.8 Å². The molecule has 1 N–H and O–H groups in total. The maximum atomic E-state index is 12.7. The predicted octanol–water partition coefficient (Wildman–Crippen LogP) is 3.93. The number of hydrogen-bond donors (Lipinski definition) is 1. The van der Waals surface area contributed by atoms with Crippen LogP contribution in [0.2, 0.25) is 0 Å². The van der Waals surface area contributed by atoms with Crippen molar-refractivity contribution < 1.29 is 22.7 Å². The highest BCUT2D eigenvalue weighted by atomic mass is 32.2. The van der Waals surface area contributed by atoms with Crippen molar-refractivity contribution >= 4 is 23.5 Å². The average Bonchev–Trinajstić information content (AvgIpc) is 2.84. The van der Waals surface area contributed by atoms with Gasteiger partial charge in [-0.25, -0.2) is 4.79 Å². The Bertz CT molecular complexity index is 626. The first-order valence-corrected chi connectivity index (χ1v) is 7.67. The highest BCUT2D eigenvalue weighted by Crippen LogP contribution is 2.34. The molecule has 5 nitrogen and oxygen atoms in total. The number of amides is 1. The Balaban J connectivity index is 2.07. The van der Waals surface area contributed by atoms with Crippen molar-refractivity contribution in [3.63, 3.8) is 0 Å². The summed E-state index contributed by atoms with van der Waals surface area (Å²) in [5, 5.41) is 2.94. The van der Waals surface area contributed by atoms with Gasteiger partial charge in [0.05, 0.1) is 29.5 Å². The minimum atomic E-state index is -4.45. The molecule has 0 bridgehead atoms. The Labute approximate surface area is 135 Å². The van der Waals surface area contributed by atoms with Gasteiger partial charge in [-0.2, -0.15) is 13.2 Å². The molecular weight excluding hydrogens is 331 g/mol. The topological polar surface area (TPSA) is 54.5 Å². The SMILES string of the molecule is CC(C)(C)NC(=O)OC1=CN(c2cncc(C(F)(F)F)c2)CS1. The molecule has 0 saturated carbocycles. The van der Waals surface area contributed by atoms with E-state index in [9.17, 15) is 18.0 Å². The van der Waals surface area contributed by atoms with Crippen molar-refractivity contribution in [2.75, 3.05) is 10.8 Å². The van der Waals surface area contributed by atoms with Gasteiger partial charge in [0.15, 0.2) is 5.09 Å². The third kappa shape index (κ3) is 5.05. The number of carbonyl (C=O) groups excluding carboxylic acids is 1. The summed E-state index contributed by atoms with van der Waals surface area (Å²) in [5.74, 6) is 0.334. The van der Waals surface area contributed by atoms with Crippen LogP contribution >= 0.6 is 11.8 Å². The third-order valence-corrected chi connectivity index (χ3v) is 3.54. The predicted molar refractivity (Wildman–Crippen MR) is 81.6 cm³/mol. The number of nitrogens with zero attached hydrogens (tertiary/aromatic N) is 2. The summed E-state index contributed by atoms with van der Waals surface area (Å²) in [6.07, 6.45) is -1.50. The fourth-order valence-electron chi connectivity index (χ4n) is 1.70. The molecule has 0 saturated heterocycles. The summed E-state index contributed by atoms with van der Waals surface area (Å²) < 4.78 is 43.2. The molecule has 0 fully saturated rings. The van der Waals surface area contributed by atoms with Gasteiger partial charge in [0, 0.05) is 11.7 Å². The van der Waals surface area contributed by atoms with E-state index in [4.69, 9.17) is 4.74 Å². The van der Waals surface area contributed by atoms with E-state index in [2.05, 4.69) is 10.3 Å². The molecule has 0 spiro atoms. The molecule has 1 aromatic heterocycles. The Morgan fingerprint density at radius 2 is 2.04 bits per heavy atom. The van der Waals surface area contributed by atoms with Gasteiger partial charge in [-0.15, -0.1) is 0 Å². The zero-order valence-electron chi connectivity index (χ0n) is 12.8. The normalized spacial score (nSPS) is 15.4. The maximum absolute atomic E-state index is 12.7. The second-order valence-corrected chi connectivity index (χ2v) is 6.83. The number of anilines is 1. The largest absolute Gasteiger partial charge is 0.417 e. The average molecular weight is 347 g/mol. The van der Waals surface area contributed by atoms with Crippen LogP contribution in [-0.2, 0) is 10.9 Å². The highest BCUT2D eigenvalue weighted by molar-refractivity contribution is 8.03. The van der Waals surface area contributed by atoms with Crippen LogP contribution in [0.3, 0.4) is 0 Å². The molecule has 0 atom stereocenters. The van der Waals surface area contributed by atoms with Gasteiger partial charge in [-0.1, -0.05) is 11.8 Å². The third-order valence-electron chi connectivity index (χ3n) is 2.66. The molecule has 0 radical (unpaired) electrons. The number of alkyl carbamates (subject to hydrolysis) is 1. The lowest BCUT2D eigenvalue weighted by atomic mass is 10.1. The maximum Gasteiger partial charge on any atom is 0.417 e. The fourth-order valence-corrected chi connectivity index (χ4v) is 2.53. The molecule has 9 heteroatoms. The number of rotatable bonds is 2. The number of alkyl halides is 3. The lowest BCUT2D eigenvalue weighted by Gasteiger charge is -2.19. The van der Waals surface area contributed by atoms with Crippen LogP contribution in [0.1, 0.15) is 26.3 Å². The molecule has 2 rings (SSSR count). The molecule has 0 aliphatic carbocycles. The molecule has 1 aliphatic heterocycles. The van der Waals surface area contributed by atoms with E-state index in [1.165, 1.54) is 29.1 Å². The molecule has 1 aliphatic rings. The number of halogens is 3. The van der Waals surface area contributed by atoms with E-state index >= 15 is 0 Å². The van der Waals surface area contributed by atoms with Crippen LogP contribution in [0.25, 0.3) is 0 Å². The van der Waals surface area contributed by atoms with Crippen molar-refractivity contribution in [1.82, 2.24) is 10.3 Å². The van der Waals surface area contributed by atoms with Gasteiger partial charge in [0.25, 0.3) is 0 Å². The van der Waals surface area contributed by atoms with Gasteiger partial charge in [0.1, 0.15) is 0 Å². The van der Waals surface area contributed by atoms with Crippen molar-refractivity contribution in [2.45, 2.75) is 32.5 Å². The van der Waals surface area contributed by atoms with Crippen LogP contribution in [0, 0.1) is 0 Å². The van der Waals surface area contributed by atoms with E-state index < -0.39 is 23.4 Å². The Kier molecular flexibility index (Phi) is 4.79. The van der Waals surface area contributed by atoms with E-state index in [1.807, 2.05) is 20.8 Å². The molecule has 0 aromatic carbocycles. The van der Waals surface area contributed by atoms with Gasteiger partial charge >= 0.3 is 12.3 Å². The number of hydrogen-bond acceptors (Lipinski definition) is 5. The smallest absolute Gasteiger partial charge is 0.402 e. The zero-order valence-corrected chi connectivity index (χ0v) is 13.6. The molecular formula is C14H16F3N3O2S. The molecule has 126 valence electrons. The number of ether oxygens (including phenoxy) is 1. The summed E-state index contributed by atoms with van der Waals surface area (Å²) in [7, 11) is 0. The van der Waals surface area contributed by atoms with Crippen molar-refractivity contribution in [1.29, 1.82) is 0 Å². The van der Waals surface area contributed by atoms with Crippen LogP contribution in [0.4, 0.5) is 23.7 Å². The molecule has 1 aromatic rings. The minimum Gasteiger partial charge on any atom is -0.402 e. The zero-order chi connectivity index (χ0) is 17.3. The standard InChI is InChI=1S/C14H16F3N3O2S/c1-13(2,3)19-12(21)22-11-7-20(8-23-11)10-4-9(5-18-6-10)14(15,16)17/h4-7H,8H2,1-3H3,(H,19,21). The second-order valence-electron chi connectivity index (χ2n) is 5.89. The molecule has 23 heavy (non-hydrogen) atoms. The summed E-state index contributed by atoms with van der Waals surface area (Å²) >= 11 is 1.21. The van der Waals surface area contributed by atoms with Crippen LogP contribution in [0.15, 0.2) is 29.8 Å². The second kappa shape index (κ2) is 6.31. The quantitative estimate of drug-likeness (QED) is 0.878. The minimum absolute atomic E-state index is 0.280. The lowest BCUT2D eigenvalue weighted by molar-refractivity contribution is -0.137. The number of nitrogens with one attached hydrogen (secondary N) is 1. The van der Waals surface area contributed by atoms with E-state index in [1.54, 1.807) is 0 Å². The molecule has 2 heterocycles. The molecule has 1 amide bonds. The monoisotopic (exact) mass is 347 g/mol. The Morgan fingerprint density at radius 3 is 2.65 bits per heavy atom. The molecule has 0 unspecified atom stereocenters. The first-order chi connectivity index (χ1) is 10.5. The fraction of sp³-hybridized carbons (Fsp3) is 0.429. The summed E-state index contributed by atoms with van der Waals surface area (Å²) in [5.41, 5.74) is -0.985. The van der Waals surface area contributed by atoms with Gasteiger partial charge in [0.2, 0.25) is 0 Å². The van der Waals surface area contributed by atoms with Crippen LogP contribution < -0.4 is 10.2 Å². The number of thioether (sulfide) groups is 1. The number of carbonyl (C=O) groups is 1. The Morgan fingerprint density at radius 1 is 1.35 bits per heavy atom. The Hall–Kier alpha value is -1.90. The van der Waals surface area contributed by atoms with Crippen molar-refractivity contribution in [3.8, 4) is 0 Å². The summed E-state index contributed by atoms with van der Waals surface area (Å²) in [6, 6.07) is 1.00. The van der Waals surface area contributed by atoms with Crippen LogP contribution in [-0.4, -0.2) is 22.5 Å². The number of aromatic nitrogens is 1. The number of pyridine rings is 1. The summed E-state index contributed by atoms with van der Waals surface area (Å²) in [6.45, 7) is 5.43. The van der Waals surface area contributed by atoms with E-state index in [0.717, 1.165) is 12.3 Å². The summed E-state index contributed by atoms with van der Waals surface area (Å²) in [4.78, 5) is 16.8. The van der Waals surface area contributed by atoms with Crippen molar-refractivity contribution in [2.24, 2.45) is 0 Å². The van der Waals surface area contributed by atoms with Crippen LogP contribution in [0.5, 0.6) is 0 Å². The van der Waals surface area contributed by atoms with E-state index in [-0.39, 0.29) is 5.69 Å². The van der Waals surface area contributed by atoms with Crippen molar-refractivity contribution in [3.05, 3.63) is 35.3 Å². The van der Waals surface area contributed by atoms with Gasteiger partial charge in [-0.3, -0.25) is 4.98 Å². The van der Waals surface area contributed by atoms with Gasteiger partial charge < -0.3 is 15.0 Å². The first-order valence-electron chi connectivity index (χ1n) is 6.68. The first kappa shape index (κ1) is 17.5. The highest BCUT2D eigenvalue weighted by Gasteiger charge is 2.32.